The Morgan fingerprint density at radius 3 is 2.56 bits per heavy atom. The van der Waals surface area contributed by atoms with Crippen LogP contribution in [0.2, 0.25) is 0 Å². The third-order valence-corrected chi connectivity index (χ3v) is 5.22. The number of alkyl halides is 3. The molecular formula is C21H16F3N7O. The summed E-state index contributed by atoms with van der Waals surface area (Å²) in [6, 6.07) is 15.8. The van der Waals surface area contributed by atoms with Gasteiger partial charge in [0.25, 0.3) is 11.9 Å². The Kier molecular flexibility index (Phi) is 4.54. The fourth-order valence-corrected chi connectivity index (χ4v) is 3.69. The largest absolute Gasteiger partial charge is 0.451 e. The van der Waals surface area contributed by atoms with Gasteiger partial charge in [-0.1, -0.05) is 36.4 Å². The van der Waals surface area contributed by atoms with E-state index in [1.165, 1.54) is 6.92 Å². The molecule has 11 heteroatoms. The fourth-order valence-electron chi connectivity index (χ4n) is 3.69. The number of hydrogen-bond acceptors (Lipinski definition) is 5. The quantitative estimate of drug-likeness (QED) is 0.527. The van der Waals surface area contributed by atoms with Gasteiger partial charge in [0.1, 0.15) is 5.82 Å². The zero-order chi connectivity index (χ0) is 22.5. The van der Waals surface area contributed by atoms with E-state index in [4.69, 9.17) is 0 Å². The third-order valence-electron chi connectivity index (χ3n) is 5.22. The standard InChI is InChI=1S/C21H16F3N7O/c1-12-25-17(29-31(12)20-26-19(27-28-20)21(22,23)24)18(32)30-10-9-15-11-14(7-8-16(15)30)13-5-3-2-4-6-13/h2-8,11H,9-10H2,1H3,(H,26,27,28). The molecule has 8 nitrogen and oxygen atoms in total. The highest BCUT2D eigenvalue weighted by atomic mass is 19.4. The number of halogens is 3. The summed E-state index contributed by atoms with van der Waals surface area (Å²) in [5, 5.41) is 9.42. The Balaban J connectivity index is 1.42. The van der Waals surface area contributed by atoms with Crippen LogP contribution in [-0.4, -0.2) is 42.4 Å². The van der Waals surface area contributed by atoms with Gasteiger partial charge in [-0.2, -0.15) is 22.8 Å². The van der Waals surface area contributed by atoms with E-state index in [2.05, 4.69) is 26.2 Å². The Morgan fingerprint density at radius 1 is 1.06 bits per heavy atom. The molecule has 162 valence electrons. The maximum atomic E-state index is 13.1. The normalized spacial score (nSPS) is 13.4. The third kappa shape index (κ3) is 3.41. The molecule has 0 unspecified atom stereocenters. The lowest BCUT2D eigenvalue weighted by Gasteiger charge is -2.15. The maximum absolute atomic E-state index is 13.1. The Morgan fingerprint density at radius 2 is 1.84 bits per heavy atom. The first-order valence-electron chi connectivity index (χ1n) is 9.75. The van der Waals surface area contributed by atoms with Crippen molar-refractivity contribution in [3.63, 3.8) is 0 Å². The minimum Gasteiger partial charge on any atom is -0.305 e. The summed E-state index contributed by atoms with van der Waals surface area (Å²) in [4.78, 5) is 22.2. The predicted molar refractivity (Wildman–Crippen MR) is 108 cm³/mol. The van der Waals surface area contributed by atoms with Crippen LogP contribution in [-0.2, 0) is 12.6 Å². The highest BCUT2D eigenvalue weighted by molar-refractivity contribution is 6.05. The molecule has 0 bridgehead atoms. The van der Waals surface area contributed by atoms with Crippen molar-refractivity contribution in [3.8, 4) is 17.1 Å². The number of hydrogen-bond donors (Lipinski definition) is 1. The zero-order valence-corrected chi connectivity index (χ0v) is 16.8. The van der Waals surface area contributed by atoms with Crippen molar-refractivity contribution in [3.05, 3.63) is 71.6 Å². The van der Waals surface area contributed by atoms with Crippen molar-refractivity contribution in [2.75, 3.05) is 11.4 Å². The van der Waals surface area contributed by atoms with Crippen LogP contribution in [0.15, 0.2) is 48.5 Å². The Labute approximate surface area is 179 Å². The van der Waals surface area contributed by atoms with Crippen LogP contribution in [0.4, 0.5) is 18.9 Å². The van der Waals surface area contributed by atoms with Crippen molar-refractivity contribution in [1.82, 2.24) is 29.9 Å². The van der Waals surface area contributed by atoms with E-state index in [9.17, 15) is 18.0 Å². The highest BCUT2D eigenvalue weighted by Crippen LogP contribution is 2.33. The number of H-pyrrole nitrogens is 1. The highest BCUT2D eigenvalue weighted by Gasteiger charge is 2.36. The number of carbonyl (C=O) groups is 1. The van der Waals surface area contributed by atoms with E-state index in [1.54, 1.807) is 4.90 Å². The summed E-state index contributed by atoms with van der Waals surface area (Å²) in [5.74, 6) is -1.97. The van der Waals surface area contributed by atoms with Gasteiger partial charge < -0.3 is 4.90 Å². The number of aromatic amines is 1. The number of carbonyl (C=O) groups excluding carboxylic acids is 1. The van der Waals surface area contributed by atoms with Gasteiger partial charge in [0.15, 0.2) is 0 Å². The van der Waals surface area contributed by atoms with Gasteiger partial charge in [0.2, 0.25) is 11.6 Å². The summed E-state index contributed by atoms with van der Waals surface area (Å²) >= 11 is 0. The second-order valence-corrected chi connectivity index (χ2v) is 7.29. The van der Waals surface area contributed by atoms with Gasteiger partial charge in [0.05, 0.1) is 0 Å². The lowest BCUT2D eigenvalue weighted by Crippen LogP contribution is -2.30. The van der Waals surface area contributed by atoms with Gasteiger partial charge in [-0.3, -0.25) is 9.89 Å². The molecule has 0 saturated carbocycles. The number of nitrogens with zero attached hydrogens (tertiary/aromatic N) is 6. The Bertz CT molecular complexity index is 1310. The number of aryl methyl sites for hydroxylation is 1. The lowest BCUT2D eigenvalue weighted by atomic mass is 10.0. The molecule has 0 spiro atoms. The van der Waals surface area contributed by atoms with Gasteiger partial charge in [-0.25, -0.2) is 4.98 Å². The molecule has 1 aliphatic heterocycles. The van der Waals surface area contributed by atoms with Crippen molar-refractivity contribution in [1.29, 1.82) is 0 Å². The van der Waals surface area contributed by atoms with Gasteiger partial charge in [-0.05, 0) is 42.2 Å². The van der Waals surface area contributed by atoms with Crippen LogP contribution < -0.4 is 4.90 Å². The monoisotopic (exact) mass is 439 g/mol. The van der Waals surface area contributed by atoms with Crippen LogP contribution in [0.25, 0.3) is 17.1 Å². The molecule has 3 heterocycles. The lowest BCUT2D eigenvalue weighted by molar-refractivity contribution is -0.144. The topological polar surface area (TPSA) is 92.6 Å². The first-order valence-corrected chi connectivity index (χ1v) is 9.75. The minimum absolute atomic E-state index is 0.138. The first kappa shape index (κ1) is 19.9. The van der Waals surface area contributed by atoms with Crippen molar-refractivity contribution < 1.29 is 18.0 Å². The maximum Gasteiger partial charge on any atom is 0.451 e. The first-order chi connectivity index (χ1) is 15.3. The van der Waals surface area contributed by atoms with Crippen LogP contribution in [0.5, 0.6) is 0 Å². The van der Waals surface area contributed by atoms with Crippen LogP contribution in [0, 0.1) is 6.92 Å². The molecule has 0 atom stereocenters. The molecule has 5 rings (SSSR count). The number of nitrogens with one attached hydrogen (secondary N) is 1. The second kappa shape index (κ2) is 7.29. The molecule has 0 radical (unpaired) electrons. The molecule has 2 aromatic carbocycles. The summed E-state index contributed by atoms with van der Waals surface area (Å²) in [6.07, 6.45) is -3.99. The molecule has 1 amide bonds. The summed E-state index contributed by atoms with van der Waals surface area (Å²) < 4.78 is 39.4. The van der Waals surface area contributed by atoms with E-state index in [0.717, 1.165) is 27.1 Å². The summed E-state index contributed by atoms with van der Waals surface area (Å²) in [7, 11) is 0. The number of rotatable bonds is 3. The molecule has 4 aromatic rings. The predicted octanol–water partition coefficient (Wildman–Crippen LogP) is 3.58. The second-order valence-electron chi connectivity index (χ2n) is 7.29. The molecule has 1 N–H and O–H groups in total. The number of benzene rings is 2. The summed E-state index contributed by atoms with van der Waals surface area (Å²) in [6.45, 7) is 1.97. The molecule has 0 aliphatic carbocycles. The average Bonchev–Trinajstić information content (AvgIpc) is 3.51. The van der Waals surface area contributed by atoms with Gasteiger partial charge >= 0.3 is 6.18 Å². The molecule has 1 aliphatic rings. The van der Waals surface area contributed by atoms with E-state index >= 15 is 0 Å². The SMILES string of the molecule is Cc1nc(C(=O)N2CCc3cc(-c4ccccc4)ccc32)nn1-c1n[nH]c(C(F)(F)F)n1. The van der Waals surface area contributed by atoms with Crippen molar-refractivity contribution in [2.24, 2.45) is 0 Å². The van der Waals surface area contributed by atoms with Crippen molar-refractivity contribution >= 4 is 11.6 Å². The van der Waals surface area contributed by atoms with E-state index < -0.39 is 17.9 Å². The van der Waals surface area contributed by atoms with Crippen LogP contribution >= 0.6 is 0 Å². The molecule has 0 fully saturated rings. The average molecular weight is 439 g/mol. The van der Waals surface area contributed by atoms with Gasteiger partial charge in [-0.15, -0.1) is 10.2 Å². The van der Waals surface area contributed by atoms with Crippen LogP contribution in [0.3, 0.4) is 0 Å². The fraction of sp³-hybridized carbons (Fsp3) is 0.190. The molecule has 0 saturated heterocycles. The number of aromatic nitrogens is 6. The van der Waals surface area contributed by atoms with Crippen LogP contribution in [0.1, 0.15) is 27.8 Å². The number of fused-ring (bicyclic) bond motifs is 1. The molecule has 32 heavy (non-hydrogen) atoms. The molecular weight excluding hydrogens is 423 g/mol. The van der Waals surface area contributed by atoms with E-state index in [0.29, 0.717) is 13.0 Å². The summed E-state index contributed by atoms with van der Waals surface area (Å²) in [5.41, 5.74) is 3.93. The smallest absolute Gasteiger partial charge is 0.305 e. The minimum atomic E-state index is -4.67. The Hall–Kier alpha value is -4.02. The number of amides is 1. The number of anilines is 1. The van der Waals surface area contributed by atoms with Gasteiger partial charge in [0, 0.05) is 12.2 Å². The van der Waals surface area contributed by atoms with Crippen molar-refractivity contribution in [2.45, 2.75) is 19.5 Å². The van der Waals surface area contributed by atoms with E-state index in [-0.39, 0.29) is 17.6 Å². The molecule has 2 aromatic heterocycles. The van der Waals surface area contributed by atoms with E-state index in [1.807, 2.05) is 47.6 Å². The zero-order valence-electron chi connectivity index (χ0n) is 16.8.